The Morgan fingerprint density at radius 3 is 2.00 bits per heavy atom. The second kappa shape index (κ2) is 12.7. The summed E-state index contributed by atoms with van der Waals surface area (Å²) < 4.78 is 5.35. The molecule has 0 saturated heterocycles. The molecule has 22 heavy (non-hydrogen) atoms. The van der Waals surface area contributed by atoms with Crippen LogP contribution in [-0.4, -0.2) is 17.9 Å². The SMILES string of the molecule is CCCCCCCCC1=NC(=O)OC1CCCCCCCC. The lowest BCUT2D eigenvalue weighted by Gasteiger charge is -2.12. The monoisotopic (exact) mass is 309 g/mol. The average molecular weight is 309 g/mol. The molecular formula is C19H35NO2. The lowest BCUT2D eigenvalue weighted by molar-refractivity contribution is 0.143. The molecule has 1 heterocycles. The van der Waals surface area contributed by atoms with Gasteiger partial charge in [0.05, 0.1) is 5.71 Å². The van der Waals surface area contributed by atoms with E-state index >= 15 is 0 Å². The Bertz CT molecular complexity index is 325. The molecule has 1 rings (SSSR count). The van der Waals surface area contributed by atoms with E-state index in [2.05, 4.69) is 18.8 Å². The fourth-order valence-electron chi connectivity index (χ4n) is 3.04. The van der Waals surface area contributed by atoms with E-state index in [1.165, 1.54) is 64.2 Å². The van der Waals surface area contributed by atoms with Crippen LogP contribution in [0.25, 0.3) is 0 Å². The third kappa shape index (κ3) is 8.55. The molecule has 3 heteroatoms. The summed E-state index contributed by atoms with van der Waals surface area (Å²) in [6.07, 6.45) is 16.8. The van der Waals surface area contributed by atoms with Crippen LogP contribution in [0.15, 0.2) is 4.99 Å². The Kier molecular flexibility index (Phi) is 11.0. The number of hydrogen-bond acceptors (Lipinski definition) is 2. The highest BCUT2D eigenvalue weighted by molar-refractivity contribution is 6.01. The van der Waals surface area contributed by atoms with Crippen LogP contribution in [0.2, 0.25) is 0 Å². The minimum absolute atomic E-state index is 0.0192. The molecule has 1 atom stereocenters. The maximum atomic E-state index is 11.4. The fourth-order valence-corrected chi connectivity index (χ4v) is 3.04. The van der Waals surface area contributed by atoms with Crippen LogP contribution in [-0.2, 0) is 4.74 Å². The second-order valence-corrected chi connectivity index (χ2v) is 6.55. The van der Waals surface area contributed by atoms with Gasteiger partial charge in [-0.05, 0) is 25.7 Å². The predicted molar refractivity (Wildman–Crippen MR) is 93.7 cm³/mol. The van der Waals surface area contributed by atoms with E-state index in [-0.39, 0.29) is 12.2 Å². The van der Waals surface area contributed by atoms with Crippen molar-refractivity contribution in [3.63, 3.8) is 0 Å². The highest BCUT2D eigenvalue weighted by atomic mass is 16.6. The van der Waals surface area contributed by atoms with Gasteiger partial charge in [-0.3, -0.25) is 0 Å². The number of ether oxygens (including phenoxy) is 1. The molecule has 0 saturated carbocycles. The van der Waals surface area contributed by atoms with Gasteiger partial charge in [0, 0.05) is 0 Å². The van der Waals surface area contributed by atoms with Crippen molar-refractivity contribution in [2.45, 2.75) is 110 Å². The normalized spacial score (nSPS) is 17.6. The van der Waals surface area contributed by atoms with Gasteiger partial charge in [0.15, 0.2) is 0 Å². The molecule has 0 radical (unpaired) electrons. The van der Waals surface area contributed by atoms with Crippen molar-refractivity contribution in [3.8, 4) is 0 Å². The lowest BCUT2D eigenvalue weighted by atomic mass is 10.0. The largest absolute Gasteiger partial charge is 0.438 e. The standard InChI is InChI=1S/C19H35NO2/c1-3-5-7-9-11-13-15-17-18(22-19(21)20-17)16-14-12-10-8-6-4-2/h18H,3-16H2,1-2H3. The minimum Gasteiger partial charge on any atom is -0.438 e. The maximum absolute atomic E-state index is 11.4. The van der Waals surface area contributed by atoms with Crippen LogP contribution < -0.4 is 0 Å². The van der Waals surface area contributed by atoms with E-state index in [9.17, 15) is 4.79 Å². The molecule has 0 N–H and O–H groups in total. The highest BCUT2D eigenvalue weighted by Crippen LogP contribution is 2.20. The third-order valence-corrected chi connectivity index (χ3v) is 4.46. The van der Waals surface area contributed by atoms with E-state index in [1.54, 1.807) is 0 Å². The number of rotatable bonds is 14. The third-order valence-electron chi connectivity index (χ3n) is 4.46. The molecule has 3 nitrogen and oxygen atoms in total. The van der Waals surface area contributed by atoms with Gasteiger partial charge >= 0.3 is 6.09 Å². The Hall–Kier alpha value is -0.860. The van der Waals surface area contributed by atoms with Crippen molar-refractivity contribution in [2.75, 3.05) is 0 Å². The lowest BCUT2D eigenvalue weighted by Crippen LogP contribution is -2.19. The van der Waals surface area contributed by atoms with E-state index < -0.39 is 0 Å². The molecule has 0 aromatic rings. The molecule has 0 aromatic carbocycles. The zero-order valence-corrected chi connectivity index (χ0v) is 14.7. The first-order valence-electron chi connectivity index (χ1n) is 9.56. The van der Waals surface area contributed by atoms with Crippen LogP contribution in [0, 0.1) is 0 Å². The zero-order valence-electron chi connectivity index (χ0n) is 14.7. The minimum atomic E-state index is -0.364. The van der Waals surface area contributed by atoms with Crippen molar-refractivity contribution < 1.29 is 9.53 Å². The summed E-state index contributed by atoms with van der Waals surface area (Å²) in [7, 11) is 0. The number of amides is 1. The quantitative estimate of drug-likeness (QED) is 0.346. The van der Waals surface area contributed by atoms with Crippen molar-refractivity contribution in [2.24, 2.45) is 4.99 Å². The maximum Gasteiger partial charge on any atom is 0.434 e. The first kappa shape index (κ1) is 19.2. The fraction of sp³-hybridized carbons (Fsp3) is 0.895. The number of carbonyl (C=O) groups excluding carboxylic acids is 1. The number of hydrogen-bond donors (Lipinski definition) is 0. The molecule has 0 aliphatic carbocycles. The number of cyclic esters (lactones) is 1. The average Bonchev–Trinajstić information content (AvgIpc) is 2.86. The van der Waals surface area contributed by atoms with Crippen molar-refractivity contribution in [1.29, 1.82) is 0 Å². The van der Waals surface area contributed by atoms with Gasteiger partial charge < -0.3 is 4.74 Å². The van der Waals surface area contributed by atoms with Crippen LogP contribution in [0.4, 0.5) is 4.79 Å². The van der Waals surface area contributed by atoms with E-state index in [1.807, 2.05) is 0 Å². The topological polar surface area (TPSA) is 38.7 Å². The summed E-state index contributed by atoms with van der Waals surface area (Å²) in [5.74, 6) is 0. The van der Waals surface area contributed by atoms with Gasteiger partial charge in [-0.25, -0.2) is 4.79 Å². The molecule has 0 bridgehead atoms. The van der Waals surface area contributed by atoms with E-state index in [4.69, 9.17) is 4.74 Å². The molecule has 0 fully saturated rings. The molecule has 0 aromatic heterocycles. The second-order valence-electron chi connectivity index (χ2n) is 6.55. The van der Waals surface area contributed by atoms with Crippen molar-refractivity contribution in [1.82, 2.24) is 0 Å². The summed E-state index contributed by atoms with van der Waals surface area (Å²) in [6.45, 7) is 4.48. The van der Waals surface area contributed by atoms with Crippen molar-refractivity contribution >= 4 is 11.8 Å². The summed E-state index contributed by atoms with van der Waals surface area (Å²) in [6, 6.07) is 0. The van der Waals surface area contributed by atoms with Gasteiger partial charge in [0.1, 0.15) is 6.10 Å². The Morgan fingerprint density at radius 1 is 0.818 bits per heavy atom. The molecule has 128 valence electrons. The van der Waals surface area contributed by atoms with Gasteiger partial charge in [0.25, 0.3) is 0 Å². The molecular weight excluding hydrogens is 274 g/mol. The molecule has 1 aliphatic rings. The van der Waals surface area contributed by atoms with Crippen LogP contribution >= 0.6 is 0 Å². The van der Waals surface area contributed by atoms with Crippen molar-refractivity contribution in [3.05, 3.63) is 0 Å². The van der Waals surface area contributed by atoms with Gasteiger partial charge in [0.2, 0.25) is 0 Å². The molecule has 1 amide bonds. The summed E-state index contributed by atoms with van der Waals surface area (Å²) >= 11 is 0. The van der Waals surface area contributed by atoms with Gasteiger partial charge in [-0.15, -0.1) is 0 Å². The first-order valence-corrected chi connectivity index (χ1v) is 9.56. The van der Waals surface area contributed by atoms with E-state index in [0.29, 0.717) is 0 Å². The molecule has 1 aliphatic heterocycles. The van der Waals surface area contributed by atoms with E-state index in [0.717, 1.165) is 31.4 Å². The number of carbonyl (C=O) groups is 1. The number of unbranched alkanes of at least 4 members (excludes halogenated alkanes) is 10. The predicted octanol–water partition coefficient (Wildman–Crippen LogP) is 6.45. The highest BCUT2D eigenvalue weighted by Gasteiger charge is 2.26. The number of aliphatic imine (C=N–C) groups is 1. The summed E-state index contributed by atoms with van der Waals surface area (Å²) in [5, 5.41) is 0. The number of nitrogens with zero attached hydrogens (tertiary/aromatic N) is 1. The Labute approximate surface area is 136 Å². The van der Waals surface area contributed by atoms with Crippen LogP contribution in [0.1, 0.15) is 104 Å². The molecule has 1 unspecified atom stereocenters. The molecule has 0 spiro atoms. The summed E-state index contributed by atoms with van der Waals surface area (Å²) in [4.78, 5) is 15.5. The van der Waals surface area contributed by atoms with Crippen LogP contribution in [0.5, 0.6) is 0 Å². The smallest absolute Gasteiger partial charge is 0.434 e. The first-order chi connectivity index (χ1) is 10.8. The van der Waals surface area contributed by atoms with Crippen LogP contribution in [0.3, 0.4) is 0 Å². The van der Waals surface area contributed by atoms with Gasteiger partial charge in [-0.1, -0.05) is 78.1 Å². The van der Waals surface area contributed by atoms with Gasteiger partial charge in [-0.2, -0.15) is 4.99 Å². The Morgan fingerprint density at radius 2 is 1.36 bits per heavy atom. The Balaban J connectivity index is 2.12. The summed E-state index contributed by atoms with van der Waals surface area (Å²) in [5.41, 5.74) is 1.01. The zero-order chi connectivity index (χ0) is 16.0.